The summed E-state index contributed by atoms with van der Waals surface area (Å²) in [6.07, 6.45) is -2.98. The highest BCUT2D eigenvalue weighted by atomic mass is 19.4. The summed E-state index contributed by atoms with van der Waals surface area (Å²) in [5.41, 5.74) is -0.237. The molecule has 0 atom stereocenters. The summed E-state index contributed by atoms with van der Waals surface area (Å²) in [4.78, 5) is 0. The van der Waals surface area contributed by atoms with Gasteiger partial charge in [0.1, 0.15) is 5.75 Å². The smallest absolute Gasteiger partial charge is 0.417 e. The van der Waals surface area contributed by atoms with Crippen molar-refractivity contribution in [2.45, 2.75) is 6.18 Å². The lowest BCUT2D eigenvalue weighted by atomic mass is 10.0. The van der Waals surface area contributed by atoms with E-state index in [0.717, 1.165) is 6.07 Å². The molecule has 0 aliphatic rings. The van der Waals surface area contributed by atoms with Crippen LogP contribution in [-0.2, 0) is 13.2 Å². The second-order valence-corrected chi connectivity index (χ2v) is 3.75. The van der Waals surface area contributed by atoms with Crippen molar-refractivity contribution in [2.75, 3.05) is 7.11 Å². The average Bonchev–Trinajstić information content (AvgIpc) is 2.73. The van der Waals surface area contributed by atoms with Gasteiger partial charge in [-0.3, -0.25) is 4.68 Å². The number of alkyl halides is 3. The highest BCUT2D eigenvalue weighted by Crippen LogP contribution is 2.38. The van der Waals surface area contributed by atoms with Crippen LogP contribution in [0.1, 0.15) is 5.56 Å². The van der Waals surface area contributed by atoms with Gasteiger partial charge < -0.3 is 4.74 Å². The highest BCUT2D eigenvalue weighted by Gasteiger charge is 2.34. The molecule has 1 heterocycles. The van der Waals surface area contributed by atoms with Crippen LogP contribution < -0.4 is 4.74 Å². The summed E-state index contributed by atoms with van der Waals surface area (Å²) < 4.78 is 45.2. The van der Waals surface area contributed by atoms with Gasteiger partial charge in [0.25, 0.3) is 0 Å². The van der Waals surface area contributed by atoms with Crippen molar-refractivity contribution >= 4 is 0 Å². The molecule has 0 saturated heterocycles. The molecule has 1 aromatic heterocycles. The molecule has 0 radical (unpaired) electrons. The molecule has 18 heavy (non-hydrogen) atoms. The van der Waals surface area contributed by atoms with Crippen molar-refractivity contribution in [3.05, 3.63) is 36.0 Å². The number of hydrogen-bond donors (Lipinski definition) is 0. The molecule has 2 rings (SSSR count). The van der Waals surface area contributed by atoms with E-state index in [1.165, 1.54) is 36.2 Å². The molecule has 3 nitrogen and oxygen atoms in total. The molecule has 6 heteroatoms. The van der Waals surface area contributed by atoms with Gasteiger partial charge in [-0.15, -0.1) is 0 Å². The molecule has 0 N–H and O–H groups in total. The Morgan fingerprint density at radius 1 is 1.22 bits per heavy atom. The SMILES string of the molecule is COc1ccc(-c2ccnn2C)c(C(F)(F)F)c1. The minimum Gasteiger partial charge on any atom is -0.497 e. The van der Waals surface area contributed by atoms with Crippen LogP contribution in [0, 0.1) is 0 Å². The molecule has 0 unspecified atom stereocenters. The van der Waals surface area contributed by atoms with Gasteiger partial charge in [-0.05, 0) is 24.3 Å². The van der Waals surface area contributed by atoms with E-state index in [-0.39, 0.29) is 11.3 Å². The van der Waals surface area contributed by atoms with Crippen molar-refractivity contribution in [1.82, 2.24) is 9.78 Å². The Morgan fingerprint density at radius 2 is 1.94 bits per heavy atom. The maximum Gasteiger partial charge on any atom is 0.417 e. The summed E-state index contributed by atoms with van der Waals surface area (Å²) in [6.45, 7) is 0. The van der Waals surface area contributed by atoms with E-state index in [1.54, 1.807) is 7.05 Å². The van der Waals surface area contributed by atoms with Gasteiger partial charge in [-0.25, -0.2) is 0 Å². The van der Waals surface area contributed by atoms with Gasteiger partial charge in [-0.1, -0.05) is 0 Å². The molecule has 0 aliphatic heterocycles. The third kappa shape index (κ3) is 2.18. The first-order valence-corrected chi connectivity index (χ1v) is 5.17. The van der Waals surface area contributed by atoms with Crippen LogP contribution >= 0.6 is 0 Å². The molecule has 96 valence electrons. The fraction of sp³-hybridized carbons (Fsp3) is 0.250. The zero-order valence-corrected chi connectivity index (χ0v) is 9.82. The highest BCUT2D eigenvalue weighted by molar-refractivity contribution is 5.66. The Kier molecular flexibility index (Phi) is 3.02. The molecule has 1 aromatic carbocycles. The van der Waals surface area contributed by atoms with Crippen LogP contribution in [0.2, 0.25) is 0 Å². The lowest BCUT2D eigenvalue weighted by Crippen LogP contribution is -2.09. The number of hydrogen-bond acceptors (Lipinski definition) is 2. The van der Waals surface area contributed by atoms with Crippen LogP contribution in [0.25, 0.3) is 11.3 Å². The van der Waals surface area contributed by atoms with E-state index in [1.807, 2.05) is 0 Å². The Labute approximate surface area is 102 Å². The van der Waals surface area contributed by atoms with Crippen LogP contribution in [-0.4, -0.2) is 16.9 Å². The Bertz CT molecular complexity index is 561. The topological polar surface area (TPSA) is 27.1 Å². The minimum atomic E-state index is -4.44. The normalized spacial score (nSPS) is 11.6. The van der Waals surface area contributed by atoms with E-state index in [0.29, 0.717) is 5.69 Å². The number of benzene rings is 1. The summed E-state index contributed by atoms with van der Waals surface area (Å²) in [7, 11) is 2.93. The zero-order valence-electron chi connectivity index (χ0n) is 9.82. The van der Waals surface area contributed by atoms with Gasteiger partial charge in [-0.2, -0.15) is 18.3 Å². The van der Waals surface area contributed by atoms with Crippen molar-refractivity contribution in [3.63, 3.8) is 0 Å². The number of nitrogens with zero attached hydrogens (tertiary/aromatic N) is 2. The van der Waals surface area contributed by atoms with Crippen molar-refractivity contribution in [1.29, 1.82) is 0 Å². The first-order valence-electron chi connectivity index (χ1n) is 5.17. The monoisotopic (exact) mass is 256 g/mol. The molecule has 0 bridgehead atoms. The minimum absolute atomic E-state index is 0.0864. The van der Waals surface area contributed by atoms with Crippen LogP contribution in [0.15, 0.2) is 30.5 Å². The zero-order chi connectivity index (χ0) is 13.3. The van der Waals surface area contributed by atoms with E-state index >= 15 is 0 Å². The summed E-state index contributed by atoms with van der Waals surface area (Å²) in [5, 5.41) is 3.88. The third-order valence-electron chi connectivity index (χ3n) is 2.63. The maximum absolute atomic E-state index is 13.0. The molecule has 0 fully saturated rings. The molecular formula is C12H11F3N2O. The second-order valence-electron chi connectivity index (χ2n) is 3.75. The lowest BCUT2D eigenvalue weighted by Gasteiger charge is -2.14. The number of ether oxygens (including phenoxy) is 1. The van der Waals surface area contributed by atoms with E-state index in [4.69, 9.17) is 4.74 Å². The van der Waals surface area contributed by atoms with Gasteiger partial charge in [0.15, 0.2) is 0 Å². The molecule has 2 aromatic rings. The predicted octanol–water partition coefficient (Wildman–Crippen LogP) is 3.11. The molecule has 0 aliphatic carbocycles. The molecule has 0 saturated carbocycles. The number of aromatic nitrogens is 2. The van der Waals surface area contributed by atoms with Gasteiger partial charge in [0.2, 0.25) is 0 Å². The van der Waals surface area contributed by atoms with Crippen LogP contribution in [0.4, 0.5) is 13.2 Å². The van der Waals surface area contributed by atoms with Crippen LogP contribution in [0.3, 0.4) is 0 Å². The molecular weight excluding hydrogens is 245 g/mol. The maximum atomic E-state index is 13.0. The van der Waals surface area contributed by atoms with E-state index < -0.39 is 11.7 Å². The van der Waals surface area contributed by atoms with Crippen molar-refractivity contribution in [3.8, 4) is 17.0 Å². The molecule has 0 spiro atoms. The van der Waals surface area contributed by atoms with Gasteiger partial charge in [0, 0.05) is 18.8 Å². The van der Waals surface area contributed by atoms with Crippen molar-refractivity contribution < 1.29 is 17.9 Å². The number of methoxy groups -OCH3 is 1. The van der Waals surface area contributed by atoms with Crippen LogP contribution in [0.5, 0.6) is 5.75 Å². The van der Waals surface area contributed by atoms with Gasteiger partial charge >= 0.3 is 6.18 Å². The molecule has 0 amide bonds. The largest absolute Gasteiger partial charge is 0.497 e. The van der Waals surface area contributed by atoms with Gasteiger partial charge in [0.05, 0.1) is 18.4 Å². The second kappa shape index (κ2) is 4.36. The number of aryl methyl sites for hydroxylation is 1. The summed E-state index contributed by atoms with van der Waals surface area (Å²) in [5.74, 6) is 0.174. The number of rotatable bonds is 2. The number of halogens is 3. The van der Waals surface area contributed by atoms with E-state index in [2.05, 4.69) is 5.10 Å². The third-order valence-corrected chi connectivity index (χ3v) is 2.63. The predicted molar refractivity (Wildman–Crippen MR) is 60.2 cm³/mol. The summed E-state index contributed by atoms with van der Waals surface area (Å²) in [6, 6.07) is 5.41. The fourth-order valence-electron chi connectivity index (χ4n) is 1.75. The quantitative estimate of drug-likeness (QED) is 0.825. The van der Waals surface area contributed by atoms with Crippen molar-refractivity contribution in [2.24, 2.45) is 7.05 Å². The average molecular weight is 256 g/mol. The first-order chi connectivity index (χ1) is 8.43. The Morgan fingerprint density at radius 3 is 2.44 bits per heavy atom. The Hall–Kier alpha value is -1.98. The Balaban J connectivity index is 2.64. The van der Waals surface area contributed by atoms with E-state index in [9.17, 15) is 13.2 Å². The lowest BCUT2D eigenvalue weighted by molar-refractivity contribution is -0.137. The first kappa shape index (κ1) is 12.5. The fourth-order valence-corrected chi connectivity index (χ4v) is 1.75. The summed E-state index contributed by atoms with van der Waals surface area (Å²) >= 11 is 0. The standard InChI is InChI=1S/C12H11F3N2O/c1-17-11(5-6-16-17)9-4-3-8(18-2)7-10(9)12(13,14)15/h3-7H,1-2H3.